The number of halogens is 1. The Morgan fingerprint density at radius 1 is 1.36 bits per heavy atom. The highest BCUT2D eigenvalue weighted by molar-refractivity contribution is 7.89. The molecule has 0 aliphatic heterocycles. The summed E-state index contributed by atoms with van der Waals surface area (Å²) < 4.78 is 25.2. The van der Waals surface area contributed by atoms with Crippen LogP contribution in [0.3, 0.4) is 0 Å². The summed E-state index contributed by atoms with van der Waals surface area (Å²) in [4.78, 5) is 0. The molecular weight excluding hydrogens is 222 g/mol. The molecule has 0 aromatic heterocycles. The van der Waals surface area contributed by atoms with E-state index in [2.05, 4.69) is 0 Å². The van der Waals surface area contributed by atoms with Gasteiger partial charge in [0.15, 0.2) is 0 Å². The van der Waals surface area contributed by atoms with Crippen LogP contribution in [0, 0.1) is 0 Å². The van der Waals surface area contributed by atoms with E-state index >= 15 is 0 Å². The number of sulfonamides is 1. The van der Waals surface area contributed by atoms with Crippen molar-refractivity contribution in [1.82, 2.24) is 4.31 Å². The lowest BCUT2D eigenvalue weighted by Gasteiger charge is -2.23. The molecule has 0 aromatic carbocycles. The lowest BCUT2D eigenvalue weighted by atomic mass is 10.3. The molecule has 0 amide bonds. The van der Waals surface area contributed by atoms with Gasteiger partial charge in [-0.2, -0.15) is 0 Å². The molecule has 0 fully saturated rings. The fourth-order valence-electron chi connectivity index (χ4n) is 1.13. The third-order valence-electron chi connectivity index (χ3n) is 2.20. The van der Waals surface area contributed by atoms with Crippen molar-refractivity contribution >= 4 is 21.6 Å². The molecule has 0 aromatic rings. The van der Waals surface area contributed by atoms with Gasteiger partial charge in [-0.05, 0) is 13.3 Å². The predicted octanol–water partition coefficient (Wildman–Crippen LogP) is 2.07. The lowest BCUT2D eigenvalue weighted by molar-refractivity contribution is 0.414. The highest BCUT2D eigenvalue weighted by atomic mass is 35.5. The maximum Gasteiger partial charge on any atom is 0.217 e. The van der Waals surface area contributed by atoms with Gasteiger partial charge >= 0.3 is 0 Å². The van der Waals surface area contributed by atoms with E-state index in [1.165, 1.54) is 4.31 Å². The van der Waals surface area contributed by atoms with Gasteiger partial charge in [-0.3, -0.25) is 0 Å². The highest BCUT2D eigenvalue weighted by Gasteiger charge is 2.26. The van der Waals surface area contributed by atoms with Crippen LogP contribution >= 0.6 is 11.6 Å². The number of hydrogen-bond donors (Lipinski definition) is 0. The maximum absolute atomic E-state index is 11.8. The van der Waals surface area contributed by atoms with Gasteiger partial charge in [0.2, 0.25) is 10.0 Å². The molecule has 14 heavy (non-hydrogen) atoms. The lowest BCUT2D eigenvalue weighted by Crippen LogP contribution is -2.38. The van der Waals surface area contributed by atoms with E-state index in [-0.39, 0.29) is 5.88 Å². The molecule has 0 heterocycles. The standard InChI is InChI=1S/C9H20ClNO2S/c1-4-6-7-11(5-2)14(12,13)9(3)8-10/h9H,4-8H2,1-3H3. The third kappa shape index (κ3) is 3.75. The van der Waals surface area contributed by atoms with Crippen molar-refractivity contribution < 1.29 is 8.42 Å². The number of unbranched alkanes of at least 4 members (excludes halogenated alkanes) is 1. The van der Waals surface area contributed by atoms with Gasteiger partial charge < -0.3 is 0 Å². The molecule has 0 N–H and O–H groups in total. The predicted molar refractivity (Wildman–Crippen MR) is 61.3 cm³/mol. The Hall–Kier alpha value is 0.200. The summed E-state index contributed by atoms with van der Waals surface area (Å²) >= 11 is 5.57. The van der Waals surface area contributed by atoms with Crippen molar-refractivity contribution in [2.45, 2.75) is 38.9 Å². The minimum Gasteiger partial charge on any atom is -0.212 e. The van der Waals surface area contributed by atoms with Crippen molar-refractivity contribution in [3.63, 3.8) is 0 Å². The van der Waals surface area contributed by atoms with Crippen LogP contribution in [0.5, 0.6) is 0 Å². The van der Waals surface area contributed by atoms with Gasteiger partial charge in [-0.15, -0.1) is 11.6 Å². The van der Waals surface area contributed by atoms with Crippen LogP contribution in [0.2, 0.25) is 0 Å². The average molecular weight is 242 g/mol. The number of alkyl halides is 1. The molecule has 0 aliphatic carbocycles. The minimum absolute atomic E-state index is 0.158. The fraction of sp³-hybridized carbons (Fsp3) is 1.00. The van der Waals surface area contributed by atoms with Gasteiger partial charge in [-0.1, -0.05) is 20.3 Å². The van der Waals surface area contributed by atoms with Crippen molar-refractivity contribution in [1.29, 1.82) is 0 Å². The monoisotopic (exact) mass is 241 g/mol. The molecule has 0 radical (unpaired) electrons. The first kappa shape index (κ1) is 14.2. The second-order valence-electron chi connectivity index (χ2n) is 3.36. The Balaban J connectivity index is 4.49. The summed E-state index contributed by atoms with van der Waals surface area (Å²) in [6.07, 6.45) is 1.91. The molecule has 0 saturated carbocycles. The summed E-state index contributed by atoms with van der Waals surface area (Å²) in [7, 11) is -3.17. The molecular formula is C9H20ClNO2S. The van der Waals surface area contributed by atoms with E-state index in [9.17, 15) is 8.42 Å². The van der Waals surface area contributed by atoms with Crippen LogP contribution in [-0.4, -0.2) is 36.9 Å². The third-order valence-corrected chi connectivity index (χ3v) is 5.19. The fourth-order valence-corrected chi connectivity index (χ4v) is 3.02. The smallest absolute Gasteiger partial charge is 0.212 e. The topological polar surface area (TPSA) is 37.4 Å². The van der Waals surface area contributed by atoms with Crippen LogP contribution in [-0.2, 0) is 10.0 Å². The molecule has 5 heteroatoms. The van der Waals surface area contributed by atoms with Gasteiger partial charge in [0, 0.05) is 19.0 Å². The van der Waals surface area contributed by atoms with E-state index in [4.69, 9.17) is 11.6 Å². The van der Waals surface area contributed by atoms with E-state index in [1.54, 1.807) is 6.92 Å². The first-order chi connectivity index (χ1) is 6.50. The normalized spacial score (nSPS) is 14.6. The Labute approximate surface area is 92.5 Å². The maximum atomic E-state index is 11.8. The first-order valence-corrected chi connectivity index (χ1v) is 7.09. The molecule has 1 unspecified atom stereocenters. The molecule has 1 atom stereocenters. The first-order valence-electron chi connectivity index (χ1n) is 5.05. The Kier molecular flexibility index (Phi) is 6.74. The van der Waals surface area contributed by atoms with Gasteiger partial charge in [0.05, 0.1) is 5.25 Å². The second-order valence-corrected chi connectivity index (χ2v) is 6.01. The van der Waals surface area contributed by atoms with Gasteiger partial charge in [-0.25, -0.2) is 12.7 Å². The Morgan fingerprint density at radius 3 is 2.29 bits per heavy atom. The molecule has 0 aliphatic rings. The summed E-state index contributed by atoms with van der Waals surface area (Å²) in [6, 6.07) is 0. The molecule has 0 spiro atoms. The zero-order chi connectivity index (χ0) is 11.2. The Morgan fingerprint density at radius 2 is 1.93 bits per heavy atom. The van der Waals surface area contributed by atoms with E-state index in [0.29, 0.717) is 13.1 Å². The molecule has 3 nitrogen and oxygen atoms in total. The van der Waals surface area contributed by atoms with Crippen molar-refractivity contribution in [2.75, 3.05) is 19.0 Å². The van der Waals surface area contributed by atoms with Crippen LogP contribution in [0.25, 0.3) is 0 Å². The van der Waals surface area contributed by atoms with E-state index < -0.39 is 15.3 Å². The van der Waals surface area contributed by atoms with E-state index in [0.717, 1.165) is 12.8 Å². The SMILES string of the molecule is CCCCN(CC)S(=O)(=O)C(C)CCl. The van der Waals surface area contributed by atoms with Crippen molar-refractivity contribution in [3.05, 3.63) is 0 Å². The second kappa shape index (κ2) is 6.64. The molecule has 0 saturated heterocycles. The summed E-state index contributed by atoms with van der Waals surface area (Å²) in [6.45, 7) is 6.69. The Bertz CT molecular complexity index is 241. The number of rotatable bonds is 7. The van der Waals surface area contributed by atoms with Crippen molar-refractivity contribution in [2.24, 2.45) is 0 Å². The van der Waals surface area contributed by atoms with E-state index in [1.807, 2.05) is 13.8 Å². The minimum atomic E-state index is -3.17. The molecule has 0 rings (SSSR count). The van der Waals surface area contributed by atoms with Gasteiger partial charge in [0.1, 0.15) is 0 Å². The summed E-state index contributed by atoms with van der Waals surface area (Å²) in [5.41, 5.74) is 0. The van der Waals surface area contributed by atoms with Crippen LogP contribution in [0.1, 0.15) is 33.6 Å². The summed E-state index contributed by atoms with van der Waals surface area (Å²) in [5, 5.41) is -0.485. The zero-order valence-electron chi connectivity index (χ0n) is 9.16. The average Bonchev–Trinajstić information content (AvgIpc) is 2.17. The molecule has 0 bridgehead atoms. The number of hydrogen-bond acceptors (Lipinski definition) is 2. The summed E-state index contributed by atoms with van der Waals surface area (Å²) in [5.74, 6) is 0.158. The zero-order valence-corrected chi connectivity index (χ0v) is 10.7. The van der Waals surface area contributed by atoms with Gasteiger partial charge in [0.25, 0.3) is 0 Å². The highest BCUT2D eigenvalue weighted by Crippen LogP contribution is 2.11. The largest absolute Gasteiger partial charge is 0.217 e. The quantitative estimate of drug-likeness (QED) is 0.640. The molecule has 86 valence electrons. The van der Waals surface area contributed by atoms with Crippen LogP contribution in [0.4, 0.5) is 0 Å². The van der Waals surface area contributed by atoms with Crippen LogP contribution < -0.4 is 0 Å². The number of nitrogens with zero attached hydrogens (tertiary/aromatic N) is 1. The van der Waals surface area contributed by atoms with Crippen LogP contribution in [0.15, 0.2) is 0 Å². The van der Waals surface area contributed by atoms with Crippen molar-refractivity contribution in [3.8, 4) is 0 Å².